The molecule has 2 aliphatic rings. The molecule has 20 heavy (non-hydrogen) atoms. The van der Waals surface area contributed by atoms with E-state index in [1.165, 1.54) is 34.8 Å². The van der Waals surface area contributed by atoms with Crippen LogP contribution in [0.5, 0.6) is 0 Å². The summed E-state index contributed by atoms with van der Waals surface area (Å²) in [6, 6.07) is 9.51. The van der Waals surface area contributed by atoms with E-state index in [4.69, 9.17) is 4.98 Å². The Balaban J connectivity index is 1.45. The second-order valence-corrected chi connectivity index (χ2v) is 6.55. The average molecular weight is 285 g/mol. The van der Waals surface area contributed by atoms with Gasteiger partial charge in [0, 0.05) is 31.1 Å². The first kappa shape index (κ1) is 12.4. The van der Waals surface area contributed by atoms with E-state index >= 15 is 0 Å². The van der Waals surface area contributed by atoms with Gasteiger partial charge in [-0.2, -0.15) is 0 Å². The minimum Gasteiger partial charge on any atom is -0.343 e. The van der Waals surface area contributed by atoms with Crippen molar-refractivity contribution in [1.82, 2.24) is 10.3 Å². The number of benzene rings is 1. The van der Waals surface area contributed by atoms with E-state index in [9.17, 15) is 0 Å². The van der Waals surface area contributed by atoms with Crippen molar-refractivity contribution in [3.63, 3.8) is 0 Å². The number of hydrogen-bond donors (Lipinski definition) is 1. The molecule has 2 aromatic rings. The molecule has 1 aromatic heterocycles. The first-order chi connectivity index (χ1) is 9.88. The Kier molecular flexibility index (Phi) is 3.20. The molecule has 1 saturated carbocycles. The van der Waals surface area contributed by atoms with Gasteiger partial charge in [0.25, 0.3) is 0 Å². The van der Waals surface area contributed by atoms with E-state index in [1.807, 2.05) is 0 Å². The van der Waals surface area contributed by atoms with Crippen molar-refractivity contribution < 1.29 is 0 Å². The first-order valence-corrected chi connectivity index (χ1v) is 8.26. The van der Waals surface area contributed by atoms with Crippen LogP contribution in [-0.2, 0) is 19.5 Å². The van der Waals surface area contributed by atoms with Crippen LogP contribution in [0.15, 0.2) is 29.6 Å². The highest BCUT2D eigenvalue weighted by Crippen LogP contribution is 2.27. The fourth-order valence-electron chi connectivity index (χ4n) is 2.72. The predicted molar refractivity (Wildman–Crippen MR) is 83.2 cm³/mol. The molecule has 0 unspecified atom stereocenters. The van der Waals surface area contributed by atoms with Gasteiger partial charge in [0.2, 0.25) is 0 Å². The maximum atomic E-state index is 4.79. The molecule has 0 bridgehead atoms. The van der Waals surface area contributed by atoms with Crippen molar-refractivity contribution in [3.05, 3.63) is 46.5 Å². The fraction of sp³-hybridized carbons (Fsp3) is 0.438. The minimum atomic E-state index is 0.752. The SMILES string of the molecule is c1ccc2c(c1)CCN(c1nc(CNC3CC3)cs1)C2. The predicted octanol–water partition coefficient (Wildman–Crippen LogP) is 2.96. The summed E-state index contributed by atoms with van der Waals surface area (Å²) in [4.78, 5) is 7.20. The molecule has 2 heterocycles. The molecule has 0 atom stereocenters. The third-order valence-corrected chi connectivity index (χ3v) is 5.04. The van der Waals surface area contributed by atoms with Gasteiger partial charge in [0.1, 0.15) is 0 Å². The molecule has 0 radical (unpaired) electrons. The number of anilines is 1. The second kappa shape index (κ2) is 5.19. The lowest BCUT2D eigenvalue weighted by Gasteiger charge is -2.28. The Labute approximate surface area is 123 Å². The van der Waals surface area contributed by atoms with E-state index in [2.05, 4.69) is 39.9 Å². The first-order valence-electron chi connectivity index (χ1n) is 7.38. The van der Waals surface area contributed by atoms with Crippen LogP contribution >= 0.6 is 11.3 Å². The van der Waals surface area contributed by atoms with E-state index < -0.39 is 0 Å². The zero-order chi connectivity index (χ0) is 13.4. The monoisotopic (exact) mass is 285 g/mol. The Bertz CT molecular complexity index is 603. The lowest BCUT2D eigenvalue weighted by molar-refractivity contribution is 0.673. The zero-order valence-corrected chi connectivity index (χ0v) is 12.3. The smallest absolute Gasteiger partial charge is 0.185 e. The van der Waals surface area contributed by atoms with Gasteiger partial charge in [0.15, 0.2) is 5.13 Å². The zero-order valence-electron chi connectivity index (χ0n) is 11.5. The molecule has 1 aliphatic carbocycles. The Morgan fingerprint density at radius 1 is 1.25 bits per heavy atom. The Morgan fingerprint density at radius 2 is 2.10 bits per heavy atom. The molecule has 3 nitrogen and oxygen atoms in total. The van der Waals surface area contributed by atoms with Crippen LogP contribution in [0, 0.1) is 0 Å². The summed E-state index contributed by atoms with van der Waals surface area (Å²) < 4.78 is 0. The second-order valence-electron chi connectivity index (χ2n) is 5.72. The molecule has 1 N–H and O–H groups in total. The van der Waals surface area contributed by atoms with Crippen LogP contribution in [0.1, 0.15) is 29.7 Å². The highest BCUT2D eigenvalue weighted by molar-refractivity contribution is 7.13. The lowest BCUT2D eigenvalue weighted by atomic mass is 10.0. The van der Waals surface area contributed by atoms with Gasteiger partial charge in [-0.05, 0) is 30.4 Å². The quantitative estimate of drug-likeness (QED) is 0.936. The summed E-state index contributed by atoms with van der Waals surface area (Å²) >= 11 is 1.78. The standard InChI is InChI=1S/C16H19N3S/c1-2-4-13-10-19(8-7-12(13)3-1)16-18-15(11-20-16)9-17-14-5-6-14/h1-4,11,14,17H,5-10H2. The molecule has 0 saturated heterocycles. The van der Waals surface area contributed by atoms with Gasteiger partial charge in [-0.25, -0.2) is 4.98 Å². The number of nitrogens with one attached hydrogen (secondary N) is 1. The van der Waals surface area contributed by atoms with Gasteiger partial charge in [-0.1, -0.05) is 24.3 Å². The van der Waals surface area contributed by atoms with Crippen LogP contribution in [0.4, 0.5) is 5.13 Å². The van der Waals surface area contributed by atoms with E-state index in [0.717, 1.165) is 32.1 Å². The van der Waals surface area contributed by atoms with Crippen molar-refractivity contribution in [2.24, 2.45) is 0 Å². The number of fused-ring (bicyclic) bond motifs is 1. The normalized spacial score (nSPS) is 18.1. The van der Waals surface area contributed by atoms with Crippen LogP contribution < -0.4 is 10.2 Å². The summed E-state index contributed by atoms with van der Waals surface area (Å²) in [5, 5.41) is 6.90. The average Bonchev–Trinajstić information content (AvgIpc) is 3.21. The number of thiazole rings is 1. The van der Waals surface area contributed by atoms with Crippen molar-refractivity contribution in [1.29, 1.82) is 0 Å². The van der Waals surface area contributed by atoms with Gasteiger partial charge < -0.3 is 10.2 Å². The summed E-state index contributed by atoms with van der Waals surface area (Å²) in [7, 11) is 0. The van der Waals surface area contributed by atoms with Crippen molar-refractivity contribution in [2.75, 3.05) is 11.4 Å². The van der Waals surface area contributed by atoms with E-state index in [0.29, 0.717) is 0 Å². The summed E-state index contributed by atoms with van der Waals surface area (Å²) in [6.45, 7) is 3.00. The van der Waals surface area contributed by atoms with E-state index in [1.54, 1.807) is 11.3 Å². The fourth-order valence-corrected chi connectivity index (χ4v) is 3.57. The highest BCUT2D eigenvalue weighted by atomic mass is 32.1. The number of rotatable bonds is 4. The Hall–Kier alpha value is -1.39. The molecule has 1 aliphatic heterocycles. The molecule has 4 heteroatoms. The number of nitrogens with zero attached hydrogens (tertiary/aromatic N) is 2. The van der Waals surface area contributed by atoms with Crippen LogP contribution in [0.3, 0.4) is 0 Å². The molecule has 1 aromatic carbocycles. The van der Waals surface area contributed by atoms with Gasteiger partial charge in [-0.15, -0.1) is 11.3 Å². The number of aromatic nitrogens is 1. The van der Waals surface area contributed by atoms with Crippen LogP contribution in [0.25, 0.3) is 0 Å². The molecular weight excluding hydrogens is 266 g/mol. The van der Waals surface area contributed by atoms with E-state index in [-0.39, 0.29) is 0 Å². The topological polar surface area (TPSA) is 28.2 Å². The third-order valence-electron chi connectivity index (χ3n) is 4.09. The molecule has 104 valence electrons. The lowest BCUT2D eigenvalue weighted by Crippen LogP contribution is -2.30. The van der Waals surface area contributed by atoms with Crippen molar-refractivity contribution in [2.45, 2.75) is 38.4 Å². The molecule has 1 fully saturated rings. The molecular formula is C16H19N3S. The van der Waals surface area contributed by atoms with Crippen molar-refractivity contribution in [3.8, 4) is 0 Å². The summed E-state index contributed by atoms with van der Waals surface area (Å²) in [6.07, 6.45) is 3.80. The highest BCUT2D eigenvalue weighted by Gasteiger charge is 2.21. The number of hydrogen-bond acceptors (Lipinski definition) is 4. The van der Waals surface area contributed by atoms with Gasteiger partial charge in [0.05, 0.1) is 5.69 Å². The molecule has 4 rings (SSSR count). The maximum absolute atomic E-state index is 4.79. The molecule has 0 spiro atoms. The van der Waals surface area contributed by atoms with Gasteiger partial charge in [-0.3, -0.25) is 0 Å². The van der Waals surface area contributed by atoms with Gasteiger partial charge >= 0.3 is 0 Å². The minimum absolute atomic E-state index is 0.752. The van der Waals surface area contributed by atoms with Crippen LogP contribution in [-0.4, -0.2) is 17.6 Å². The van der Waals surface area contributed by atoms with Crippen molar-refractivity contribution >= 4 is 16.5 Å². The summed E-state index contributed by atoms with van der Waals surface area (Å²) in [5.41, 5.74) is 4.14. The van der Waals surface area contributed by atoms with Crippen LogP contribution in [0.2, 0.25) is 0 Å². The molecule has 0 amide bonds. The summed E-state index contributed by atoms with van der Waals surface area (Å²) in [5.74, 6) is 0. The maximum Gasteiger partial charge on any atom is 0.185 e. The third kappa shape index (κ3) is 2.58. The largest absolute Gasteiger partial charge is 0.343 e. The Morgan fingerprint density at radius 3 is 2.95 bits per heavy atom.